The van der Waals surface area contributed by atoms with Crippen molar-refractivity contribution in [3.05, 3.63) is 35.7 Å². The van der Waals surface area contributed by atoms with E-state index in [0.29, 0.717) is 11.6 Å². The summed E-state index contributed by atoms with van der Waals surface area (Å²) in [5, 5.41) is 0. The van der Waals surface area contributed by atoms with Gasteiger partial charge in [0.2, 0.25) is 11.7 Å². The van der Waals surface area contributed by atoms with E-state index in [2.05, 4.69) is 4.98 Å². The lowest BCUT2D eigenvalue weighted by atomic mass is 9.91. The summed E-state index contributed by atoms with van der Waals surface area (Å²) in [7, 11) is 1.34. The quantitative estimate of drug-likeness (QED) is 0.630. The van der Waals surface area contributed by atoms with Gasteiger partial charge >= 0.3 is 5.97 Å². The van der Waals surface area contributed by atoms with Crippen LogP contribution in [0.25, 0.3) is 11.5 Å². The topological polar surface area (TPSA) is 52.3 Å². The van der Waals surface area contributed by atoms with Crippen molar-refractivity contribution in [2.45, 2.75) is 31.1 Å². The van der Waals surface area contributed by atoms with Gasteiger partial charge in [-0.2, -0.15) is 0 Å². The number of esters is 1. The molecule has 0 unspecified atom stereocenters. The van der Waals surface area contributed by atoms with Gasteiger partial charge < -0.3 is 9.15 Å². The van der Waals surface area contributed by atoms with E-state index >= 15 is 0 Å². The van der Waals surface area contributed by atoms with Crippen LogP contribution in [-0.4, -0.2) is 24.3 Å². The van der Waals surface area contributed by atoms with Crippen molar-refractivity contribution in [3.8, 4) is 11.5 Å². The normalized spacial score (nSPS) is 11.5. The Morgan fingerprint density at radius 2 is 1.95 bits per heavy atom. The molecule has 112 valence electrons. The minimum Gasteiger partial charge on any atom is -0.463 e. The molecule has 0 N–H and O–H groups in total. The Hall–Kier alpha value is -1.75. The molecule has 2 rings (SSSR count). The van der Waals surface area contributed by atoms with Crippen LogP contribution < -0.4 is 0 Å². The first kappa shape index (κ1) is 15.6. The van der Waals surface area contributed by atoms with Gasteiger partial charge in [0.05, 0.1) is 12.7 Å². The van der Waals surface area contributed by atoms with E-state index in [1.165, 1.54) is 7.11 Å². The Labute approximate surface area is 128 Å². The molecular weight excluding hydrogens is 286 g/mol. The van der Waals surface area contributed by atoms with Crippen LogP contribution in [0, 0.1) is 0 Å². The third-order valence-corrected chi connectivity index (χ3v) is 3.84. The second-order valence-electron chi connectivity index (χ2n) is 5.64. The maximum Gasteiger partial charge on any atom is 0.376 e. The fraction of sp³-hybridized carbons (Fsp3) is 0.375. The largest absolute Gasteiger partial charge is 0.463 e. The standard InChI is InChI=1S/C16H19NO3S/c1-16(2,3)13-12(15(18)19-4)20-14(17-13)10-8-6-7-9-11(10)21-5/h6-9H,1-5H3. The smallest absolute Gasteiger partial charge is 0.376 e. The molecular formula is C16H19NO3S. The number of carbonyl (C=O) groups is 1. The lowest BCUT2D eigenvalue weighted by Gasteiger charge is -2.15. The third kappa shape index (κ3) is 3.13. The average molecular weight is 305 g/mol. The number of nitrogens with zero attached hydrogens (tertiary/aromatic N) is 1. The third-order valence-electron chi connectivity index (χ3n) is 3.05. The summed E-state index contributed by atoms with van der Waals surface area (Å²) < 4.78 is 10.5. The minimum absolute atomic E-state index is 0.177. The van der Waals surface area contributed by atoms with Crippen molar-refractivity contribution in [1.29, 1.82) is 0 Å². The van der Waals surface area contributed by atoms with Crippen molar-refractivity contribution in [2.75, 3.05) is 13.4 Å². The van der Waals surface area contributed by atoms with E-state index in [0.717, 1.165) is 10.5 Å². The molecule has 4 nitrogen and oxygen atoms in total. The number of carbonyl (C=O) groups excluding carboxylic acids is 1. The highest BCUT2D eigenvalue weighted by molar-refractivity contribution is 7.98. The number of thioether (sulfide) groups is 1. The van der Waals surface area contributed by atoms with Gasteiger partial charge in [0, 0.05) is 10.3 Å². The maximum atomic E-state index is 11.9. The van der Waals surface area contributed by atoms with Gasteiger partial charge in [-0.25, -0.2) is 9.78 Å². The molecule has 0 aliphatic heterocycles. The summed E-state index contributed by atoms with van der Waals surface area (Å²) in [6, 6.07) is 7.82. The maximum absolute atomic E-state index is 11.9. The van der Waals surface area contributed by atoms with Crippen LogP contribution in [-0.2, 0) is 10.2 Å². The molecule has 1 aromatic heterocycles. The summed E-state index contributed by atoms with van der Waals surface area (Å²) in [5.41, 5.74) is 1.19. The monoisotopic (exact) mass is 305 g/mol. The Morgan fingerprint density at radius 3 is 2.52 bits per heavy atom. The molecule has 21 heavy (non-hydrogen) atoms. The Kier molecular flexibility index (Phi) is 4.42. The first-order chi connectivity index (χ1) is 9.88. The van der Waals surface area contributed by atoms with Gasteiger partial charge in [0.15, 0.2) is 0 Å². The average Bonchev–Trinajstić information content (AvgIpc) is 2.91. The summed E-state index contributed by atoms with van der Waals surface area (Å²) in [6.07, 6.45) is 1.99. The van der Waals surface area contributed by atoms with Crippen LogP contribution in [0.4, 0.5) is 0 Å². The summed E-state index contributed by atoms with van der Waals surface area (Å²) >= 11 is 1.61. The van der Waals surface area contributed by atoms with Crippen LogP contribution in [0.15, 0.2) is 33.6 Å². The number of aromatic nitrogens is 1. The molecule has 0 amide bonds. The molecule has 0 fully saturated rings. The molecule has 0 saturated carbocycles. The Bertz CT molecular complexity index is 656. The van der Waals surface area contributed by atoms with Crippen LogP contribution in [0.2, 0.25) is 0 Å². The molecule has 5 heteroatoms. The second-order valence-corrected chi connectivity index (χ2v) is 6.49. The van der Waals surface area contributed by atoms with Gasteiger partial charge in [-0.3, -0.25) is 0 Å². The molecule has 1 heterocycles. The molecule has 0 saturated heterocycles. The van der Waals surface area contributed by atoms with E-state index in [9.17, 15) is 4.79 Å². The number of ether oxygens (including phenoxy) is 1. The van der Waals surface area contributed by atoms with Crippen molar-refractivity contribution in [2.24, 2.45) is 0 Å². The minimum atomic E-state index is -0.500. The SMILES string of the molecule is COC(=O)c1oc(-c2ccccc2SC)nc1C(C)(C)C. The first-order valence-corrected chi connectivity index (χ1v) is 7.84. The lowest BCUT2D eigenvalue weighted by Crippen LogP contribution is -2.17. The number of rotatable bonds is 3. The molecule has 0 aliphatic rings. The van der Waals surface area contributed by atoms with Gasteiger partial charge in [0.25, 0.3) is 0 Å². The van der Waals surface area contributed by atoms with Crippen molar-refractivity contribution < 1.29 is 13.9 Å². The summed E-state index contributed by atoms with van der Waals surface area (Å²) in [5.74, 6) is 0.126. The van der Waals surface area contributed by atoms with Gasteiger partial charge in [-0.1, -0.05) is 32.9 Å². The van der Waals surface area contributed by atoms with Crippen LogP contribution in [0.5, 0.6) is 0 Å². The van der Waals surface area contributed by atoms with Crippen LogP contribution >= 0.6 is 11.8 Å². The van der Waals surface area contributed by atoms with Gasteiger partial charge in [-0.15, -0.1) is 11.8 Å². The zero-order chi connectivity index (χ0) is 15.6. The highest BCUT2D eigenvalue weighted by Crippen LogP contribution is 2.34. The summed E-state index contributed by atoms with van der Waals surface area (Å²) in [6.45, 7) is 5.96. The van der Waals surface area contributed by atoms with Gasteiger partial charge in [0.1, 0.15) is 5.69 Å². The second kappa shape index (κ2) is 5.93. The van der Waals surface area contributed by atoms with E-state index in [4.69, 9.17) is 9.15 Å². The fourth-order valence-corrected chi connectivity index (χ4v) is 2.59. The molecule has 0 atom stereocenters. The lowest BCUT2D eigenvalue weighted by molar-refractivity contribution is 0.0562. The molecule has 0 bridgehead atoms. The number of hydrogen-bond acceptors (Lipinski definition) is 5. The van der Waals surface area contributed by atoms with E-state index in [1.54, 1.807) is 11.8 Å². The number of methoxy groups -OCH3 is 1. The zero-order valence-electron chi connectivity index (χ0n) is 12.9. The number of benzene rings is 1. The molecule has 0 aliphatic carbocycles. The van der Waals surface area contributed by atoms with E-state index < -0.39 is 5.97 Å². The van der Waals surface area contributed by atoms with Crippen LogP contribution in [0.1, 0.15) is 37.0 Å². The highest BCUT2D eigenvalue weighted by Gasteiger charge is 2.30. The molecule has 0 radical (unpaired) electrons. The Balaban J connectivity index is 2.61. The predicted octanol–water partition coefficient (Wildman–Crippen LogP) is 4.15. The van der Waals surface area contributed by atoms with Gasteiger partial charge in [-0.05, 0) is 18.4 Å². The molecule has 1 aromatic carbocycles. The summed E-state index contributed by atoms with van der Waals surface area (Å²) in [4.78, 5) is 17.5. The number of oxazole rings is 1. The highest BCUT2D eigenvalue weighted by atomic mass is 32.2. The molecule has 0 spiro atoms. The van der Waals surface area contributed by atoms with Crippen molar-refractivity contribution in [1.82, 2.24) is 4.98 Å². The van der Waals surface area contributed by atoms with E-state index in [-0.39, 0.29) is 11.2 Å². The Morgan fingerprint density at radius 1 is 1.29 bits per heavy atom. The van der Waals surface area contributed by atoms with E-state index in [1.807, 2.05) is 51.3 Å². The predicted molar refractivity (Wildman–Crippen MR) is 83.8 cm³/mol. The first-order valence-electron chi connectivity index (χ1n) is 6.61. The molecule has 2 aromatic rings. The zero-order valence-corrected chi connectivity index (χ0v) is 13.7. The fourth-order valence-electron chi connectivity index (χ4n) is 2.00. The van der Waals surface area contributed by atoms with Crippen molar-refractivity contribution in [3.63, 3.8) is 0 Å². The van der Waals surface area contributed by atoms with Crippen molar-refractivity contribution >= 4 is 17.7 Å². The van der Waals surface area contributed by atoms with Crippen LogP contribution in [0.3, 0.4) is 0 Å². The number of hydrogen-bond donors (Lipinski definition) is 0.